The van der Waals surface area contributed by atoms with Gasteiger partial charge in [0.15, 0.2) is 0 Å². The van der Waals surface area contributed by atoms with Crippen molar-refractivity contribution in [2.75, 3.05) is 13.1 Å². The van der Waals surface area contributed by atoms with Gasteiger partial charge in [0.05, 0.1) is 9.79 Å². The Labute approximate surface area is 149 Å². The van der Waals surface area contributed by atoms with Crippen LogP contribution in [0.3, 0.4) is 0 Å². The van der Waals surface area contributed by atoms with Gasteiger partial charge in [-0.05, 0) is 56.5 Å². The number of halogens is 1. The molecule has 1 aliphatic carbocycles. The Balaban J connectivity index is 0.00000208. The lowest BCUT2D eigenvalue weighted by molar-refractivity contribution is 0.428. The maximum absolute atomic E-state index is 12.3. The van der Waals surface area contributed by atoms with Crippen LogP contribution in [0.25, 0.3) is 0 Å². The summed E-state index contributed by atoms with van der Waals surface area (Å²) in [5.41, 5.74) is 0. The van der Waals surface area contributed by atoms with E-state index in [0.29, 0.717) is 6.54 Å². The molecule has 0 aromatic heterocycles. The average Bonchev–Trinajstić information content (AvgIpc) is 3.31. The number of sulfonamides is 2. The van der Waals surface area contributed by atoms with Gasteiger partial charge in [0.25, 0.3) is 0 Å². The molecule has 136 valence electrons. The van der Waals surface area contributed by atoms with E-state index in [9.17, 15) is 16.8 Å². The third-order valence-electron chi connectivity index (χ3n) is 3.96. The summed E-state index contributed by atoms with van der Waals surface area (Å²) in [6, 6.07) is 5.22. The minimum atomic E-state index is -3.64. The van der Waals surface area contributed by atoms with E-state index in [4.69, 9.17) is 0 Å². The first-order valence-electron chi connectivity index (χ1n) is 7.72. The molecule has 7 nitrogen and oxygen atoms in total. The lowest BCUT2D eigenvalue weighted by atomic mass is 10.1. The van der Waals surface area contributed by atoms with Crippen molar-refractivity contribution in [3.8, 4) is 0 Å². The summed E-state index contributed by atoms with van der Waals surface area (Å²) in [5, 5.41) is 3.15. The SMILES string of the molecule is Cl.O=S(=O)(NC1CC1)c1ccc(S(=O)(=O)NC2CCCNC2)cc1. The highest BCUT2D eigenvalue weighted by Gasteiger charge is 2.28. The first-order chi connectivity index (χ1) is 10.9. The maximum Gasteiger partial charge on any atom is 0.240 e. The van der Waals surface area contributed by atoms with Crippen LogP contribution in [0.5, 0.6) is 0 Å². The van der Waals surface area contributed by atoms with E-state index in [1.54, 1.807) is 0 Å². The van der Waals surface area contributed by atoms with E-state index < -0.39 is 20.0 Å². The second kappa shape index (κ2) is 7.67. The molecule has 0 radical (unpaired) electrons. The Bertz CT molecular complexity index is 756. The zero-order valence-electron chi connectivity index (χ0n) is 13.1. The highest BCUT2D eigenvalue weighted by Crippen LogP contribution is 2.23. The lowest BCUT2D eigenvalue weighted by Gasteiger charge is -2.23. The van der Waals surface area contributed by atoms with Crippen LogP contribution in [0, 0.1) is 0 Å². The topological polar surface area (TPSA) is 104 Å². The van der Waals surface area contributed by atoms with Crippen molar-refractivity contribution in [2.45, 2.75) is 47.6 Å². The van der Waals surface area contributed by atoms with Gasteiger partial charge in [-0.3, -0.25) is 0 Å². The van der Waals surface area contributed by atoms with Crippen molar-refractivity contribution in [1.29, 1.82) is 0 Å². The summed E-state index contributed by atoms with van der Waals surface area (Å²) in [5.74, 6) is 0. The van der Waals surface area contributed by atoms with Gasteiger partial charge in [0.2, 0.25) is 20.0 Å². The predicted molar refractivity (Wildman–Crippen MR) is 93.2 cm³/mol. The first-order valence-corrected chi connectivity index (χ1v) is 10.7. The van der Waals surface area contributed by atoms with Crippen LogP contribution in [-0.2, 0) is 20.0 Å². The fourth-order valence-electron chi connectivity index (χ4n) is 2.53. The van der Waals surface area contributed by atoms with E-state index in [0.717, 1.165) is 32.2 Å². The fraction of sp³-hybridized carbons (Fsp3) is 0.571. The molecular formula is C14H22ClN3O4S2. The Morgan fingerprint density at radius 2 is 1.33 bits per heavy atom. The molecule has 1 aliphatic heterocycles. The lowest BCUT2D eigenvalue weighted by Crippen LogP contribution is -2.45. The maximum atomic E-state index is 12.3. The van der Waals surface area contributed by atoms with Gasteiger partial charge in [-0.15, -0.1) is 12.4 Å². The van der Waals surface area contributed by atoms with Gasteiger partial charge >= 0.3 is 0 Å². The number of piperidine rings is 1. The minimum absolute atomic E-state index is 0. The van der Waals surface area contributed by atoms with Gasteiger partial charge in [-0.1, -0.05) is 0 Å². The van der Waals surface area contributed by atoms with Crippen LogP contribution in [0.15, 0.2) is 34.1 Å². The van der Waals surface area contributed by atoms with Crippen LogP contribution < -0.4 is 14.8 Å². The molecule has 1 atom stereocenters. The Hall–Kier alpha value is -0.710. The molecule has 1 unspecified atom stereocenters. The zero-order chi connectivity index (χ0) is 16.5. The van der Waals surface area contributed by atoms with Gasteiger partial charge in [0.1, 0.15) is 0 Å². The molecule has 1 saturated heterocycles. The highest BCUT2D eigenvalue weighted by atomic mass is 35.5. The van der Waals surface area contributed by atoms with Gasteiger partial charge in [-0.2, -0.15) is 0 Å². The summed E-state index contributed by atoms with van der Waals surface area (Å²) in [4.78, 5) is 0.163. The first kappa shape index (κ1) is 19.6. The van der Waals surface area contributed by atoms with Crippen molar-refractivity contribution in [3.05, 3.63) is 24.3 Å². The van der Waals surface area contributed by atoms with E-state index in [2.05, 4.69) is 14.8 Å². The molecule has 10 heteroatoms. The number of rotatable bonds is 6. The summed E-state index contributed by atoms with van der Waals surface area (Å²) < 4.78 is 54.1. The average molecular weight is 396 g/mol. The van der Waals surface area contributed by atoms with Crippen molar-refractivity contribution in [1.82, 2.24) is 14.8 Å². The molecule has 3 N–H and O–H groups in total. The number of nitrogens with one attached hydrogen (secondary N) is 3. The minimum Gasteiger partial charge on any atom is -0.315 e. The Morgan fingerprint density at radius 1 is 0.833 bits per heavy atom. The van der Waals surface area contributed by atoms with Crippen LogP contribution >= 0.6 is 12.4 Å². The van der Waals surface area contributed by atoms with Crippen LogP contribution in [0.2, 0.25) is 0 Å². The highest BCUT2D eigenvalue weighted by molar-refractivity contribution is 7.90. The normalized spacial score (nSPS) is 21.9. The zero-order valence-corrected chi connectivity index (χ0v) is 15.5. The molecular weight excluding hydrogens is 374 g/mol. The molecule has 0 spiro atoms. The predicted octanol–water partition coefficient (Wildman–Crippen LogP) is 0.579. The Morgan fingerprint density at radius 3 is 1.75 bits per heavy atom. The Kier molecular flexibility index (Phi) is 6.27. The third-order valence-corrected chi connectivity index (χ3v) is 7.04. The fourth-order valence-corrected chi connectivity index (χ4v) is 5.10. The van der Waals surface area contributed by atoms with E-state index in [1.165, 1.54) is 24.3 Å². The van der Waals surface area contributed by atoms with E-state index in [1.807, 2.05) is 0 Å². The number of benzene rings is 1. The van der Waals surface area contributed by atoms with Gasteiger partial charge in [0, 0.05) is 18.6 Å². The molecule has 3 rings (SSSR count). The van der Waals surface area contributed by atoms with Crippen LogP contribution in [0.4, 0.5) is 0 Å². The molecule has 1 aromatic rings. The number of hydrogen-bond acceptors (Lipinski definition) is 5. The molecule has 1 aromatic carbocycles. The largest absolute Gasteiger partial charge is 0.315 e. The molecule has 0 amide bonds. The van der Waals surface area contributed by atoms with E-state index in [-0.39, 0.29) is 34.3 Å². The molecule has 1 heterocycles. The van der Waals surface area contributed by atoms with Crippen LogP contribution in [-0.4, -0.2) is 42.0 Å². The molecule has 1 saturated carbocycles. The third kappa shape index (κ3) is 4.90. The van der Waals surface area contributed by atoms with Crippen LogP contribution in [0.1, 0.15) is 25.7 Å². The molecule has 2 fully saturated rings. The molecule has 24 heavy (non-hydrogen) atoms. The second-order valence-electron chi connectivity index (χ2n) is 6.03. The van der Waals surface area contributed by atoms with Crippen molar-refractivity contribution in [2.24, 2.45) is 0 Å². The number of hydrogen-bond donors (Lipinski definition) is 3. The summed E-state index contributed by atoms with van der Waals surface area (Å²) >= 11 is 0. The monoisotopic (exact) mass is 395 g/mol. The van der Waals surface area contributed by atoms with Crippen molar-refractivity contribution >= 4 is 32.5 Å². The van der Waals surface area contributed by atoms with Crippen molar-refractivity contribution < 1.29 is 16.8 Å². The van der Waals surface area contributed by atoms with Gasteiger partial charge < -0.3 is 5.32 Å². The van der Waals surface area contributed by atoms with Crippen molar-refractivity contribution in [3.63, 3.8) is 0 Å². The molecule has 2 aliphatic rings. The quantitative estimate of drug-likeness (QED) is 0.653. The smallest absolute Gasteiger partial charge is 0.240 e. The van der Waals surface area contributed by atoms with E-state index >= 15 is 0 Å². The summed E-state index contributed by atoms with van der Waals surface area (Å²) in [7, 11) is -7.20. The summed E-state index contributed by atoms with van der Waals surface area (Å²) in [6.45, 7) is 1.51. The summed E-state index contributed by atoms with van der Waals surface area (Å²) in [6.07, 6.45) is 3.43. The second-order valence-corrected chi connectivity index (χ2v) is 9.46. The molecule has 0 bridgehead atoms. The van der Waals surface area contributed by atoms with Gasteiger partial charge in [-0.25, -0.2) is 26.3 Å². The standard InChI is InChI=1S/C14H21N3O4S2.ClH/c18-22(19,16-11-3-4-11)13-5-7-14(8-6-13)23(20,21)17-12-2-1-9-15-10-12;/h5-8,11-12,15-17H,1-4,9-10H2;1H.